The van der Waals surface area contributed by atoms with Gasteiger partial charge in [0.15, 0.2) is 11.8 Å². The van der Waals surface area contributed by atoms with Crippen LogP contribution < -0.4 is 17.2 Å². The van der Waals surface area contributed by atoms with E-state index < -0.39 is 59.2 Å². The molecule has 0 radical (unpaired) electrons. The predicted molar refractivity (Wildman–Crippen MR) is 101 cm³/mol. The summed E-state index contributed by atoms with van der Waals surface area (Å²) in [5, 5.41) is 14.2. The molecule has 1 aromatic rings. The summed E-state index contributed by atoms with van der Waals surface area (Å²) in [4.78, 5) is 51.4. The molecule has 0 aromatic carbocycles. The SMILES string of the molecule is C#CC1(N)[C@@H](O)[C@@H]([C@@H](C)OP(=O)(O)OP(=O)(O)OP(=O)(O)O)O[C@H]1n1ncc(N)nc1=O. The van der Waals surface area contributed by atoms with E-state index in [4.69, 9.17) is 32.4 Å². The molecule has 0 bridgehead atoms. The number of aliphatic hydroxyl groups is 1. The molecule has 2 heterocycles. The summed E-state index contributed by atoms with van der Waals surface area (Å²) < 4.78 is 51.8. The molecule has 21 heteroatoms. The van der Waals surface area contributed by atoms with E-state index in [9.17, 15) is 33.4 Å². The van der Waals surface area contributed by atoms with Crippen molar-refractivity contribution in [3.8, 4) is 12.3 Å². The molecule has 1 aromatic heterocycles. The Labute approximate surface area is 178 Å². The highest BCUT2D eigenvalue weighted by Gasteiger charge is 2.57. The van der Waals surface area contributed by atoms with Crippen LogP contribution in [-0.4, -0.2) is 63.3 Å². The van der Waals surface area contributed by atoms with Gasteiger partial charge in [0, 0.05) is 0 Å². The van der Waals surface area contributed by atoms with Gasteiger partial charge in [-0.1, -0.05) is 5.92 Å². The number of hydrogen-bond acceptors (Lipinski definition) is 13. The van der Waals surface area contributed by atoms with Crippen LogP contribution in [0.5, 0.6) is 0 Å². The summed E-state index contributed by atoms with van der Waals surface area (Å²) in [6, 6.07) is 0. The maximum atomic E-state index is 12.1. The number of terminal acetylenes is 1. The van der Waals surface area contributed by atoms with Crippen LogP contribution >= 0.6 is 23.5 Å². The Balaban J connectivity index is 2.27. The third-order valence-electron chi connectivity index (χ3n) is 3.88. The number of ether oxygens (including phenoxy) is 1. The van der Waals surface area contributed by atoms with E-state index in [1.807, 2.05) is 5.92 Å². The maximum Gasteiger partial charge on any atom is 0.490 e. The summed E-state index contributed by atoms with van der Waals surface area (Å²) in [6.07, 6.45) is -0.557. The largest absolute Gasteiger partial charge is 0.490 e. The minimum atomic E-state index is -5.78. The molecule has 1 aliphatic rings. The first-order chi connectivity index (χ1) is 14.4. The summed E-state index contributed by atoms with van der Waals surface area (Å²) >= 11 is 0. The van der Waals surface area contributed by atoms with Gasteiger partial charge in [-0.2, -0.15) is 23.4 Å². The average Bonchev–Trinajstić information content (AvgIpc) is 2.84. The fraction of sp³-hybridized carbons (Fsp3) is 0.545. The summed E-state index contributed by atoms with van der Waals surface area (Å²) in [5.41, 5.74) is 8.10. The first-order valence-corrected chi connectivity index (χ1v) is 12.6. The number of phosphoric ester groups is 1. The van der Waals surface area contributed by atoms with Crippen molar-refractivity contribution < 1.29 is 56.3 Å². The fourth-order valence-corrected chi connectivity index (χ4v) is 5.83. The number of hydrogen-bond donors (Lipinski definition) is 7. The van der Waals surface area contributed by atoms with Gasteiger partial charge in [-0.3, -0.25) is 4.52 Å². The monoisotopic (exact) mass is 521 g/mol. The molecule has 32 heavy (non-hydrogen) atoms. The zero-order valence-electron chi connectivity index (χ0n) is 15.8. The van der Waals surface area contributed by atoms with Crippen LogP contribution in [0.3, 0.4) is 0 Å². The number of rotatable bonds is 8. The van der Waals surface area contributed by atoms with Crippen molar-refractivity contribution in [1.82, 2.24) is 14.8 Å². The standard InChI is InChI=1S/C11H18N5O13P3/c1-3-11(13)8(17)7(26-9(11)16-10(18)15-6(12)4-14-16)5(2)27-31(22,23)29-32(24,25)28-30(19,20)21/h1,4-5,7-9,17H,13H2,2H3,(H,22,23)(H,24,25)(H2,12,15,18)(H2,19,20,21)/t5-,7-,8+,9-,11?/m1/s1. The van der Waals surface area contributed by atoms with Crippen LogP contribution in [0.1, 0.15) is 13.2 Å². The summed E-state index contributed by atoms with van der Waals surface area (Å²) in [5.74, 6) is 1.78. The van der Waals surface area contributed by atoms with Gasteiger partial charge >= 0.3 is 29.2 Å². The molecule has 0 saturated carbocycles. The second-order valence-electron chi connectivity index (χ2n) is 6.29. The highest BCUT2D eigenvalue weighted by molar-refractivity contribution is 7.66. The topological polar surface area (TPSA) is 289 Å². The van der Waals surface area contributed by atoms with Crippen molar-refractivity contribution in [3.63, 3.8) is 0 Å². The number of aliphatic hydroxyl groups excluding tert-OH is 1. The molecule has 180 valence electrons. The summed E-state index contributed by atoms with van der Waals surface area (Å²) in [6.45, 7) is 1.02. The molecule has 18 nitrogen and oxygen atoms in total. The van der Waals surface area contributed by atoms with E-state index in [1.54, 1.807) is 0 Å². The van der Waals surface area contributed by atoms with Crippen LogP contribution in [0.2, 0.25) is 0 Å². The lowest BCUT2D eigenvalue weighted by Crippen LogP contribution is -2.55. The lowest BCUT2D eigenvalue weighted by atomic mass is 9.90. The van der Waals surface area contributed by atoms with E-state index in [2.05, 4.69) is 23.2 Å². The maximum absolute atomic E-state index is 12.1. The molecular formula is C11H18N5O13P3. The van der Waals surface area contributed by atoms with Gasteiger partial charge in [-0.25, -0.2) is 18.5 Å². The normalized spacial score (nSPS) is 30.8. The van der Waals surface area contributed by atoms with Crippen molar-refractivity contribution in [2.75, 3.05) is 5.73 Å². The van der Waals surface area contributed by atoms with Crippen LogP contribution in [0.15, 0.2) is 11.0 Å². The van der Waals surface area contributed by atoms with Crippen molar-refractivity contribution >= 4 is 29.3 Å². The van der Waals surface area contributed by atoms with E-state index in [-0.39, 0.29) is 5.82 Å². The van der Waals surface area contributed by atoms with Crippen molar-refractivity contribution in [3.05, 3.63) is 16.7 Å². The van der Waals surface area contributed by atoms with Crippen molar-refractivity contribution in [2.45, 2.75) is 37.0 Å². The number of phosphoric acid groups is 3. The molecule has 0 amide bonds. The number of nitrogens with zero attached hydrogens (tertiary/aromatic N) is 3. The number of aromatic nitrogens is 3. The third-order valence-corrected chi connectivity index (χ3v) is 7.81. The van der Waals surface area contributed by atoms with E-state index in [0.29, 0.717) is 4.68 Å². The van der Waals surface area contributed by atoms with Crippen LogP contribution in [0.4, 0.5) is 5.82 Å². The smallest absolute Gasteiger partial charge is 0.387 e. The van der Waals surface area contributed by atoms with Gasteiger partial charge in [0.2, 0.25) is 0 Å². The Bertz CT molecular complexity index is 1120. The Morgan fingerprint density at radius 3 is 2.38 bits per heavy atom. The first-order valence-electron chi connectivity index (χ1n) is 8.04. The average molecular weight is 521 g/mol. The molecule has 3 unspecified atom stereocenters. The quantitative estimate of drug-likeness (QED) is 0.138. The van der Waals surface area contributed by atoms with E-state index >= 15 is 0 Å². The fourth-order valence-electron chi connectivity index (χ4n) is 2.63. The van der Waals surface area contributed by atoms with Gasteiger partial charge in [0.25, 0.3) is 0 Å². The molecular weight excluding hydrogens is 503 g/mol. The molecule has 9 N–H and O–H groups in total. The third kappa shape index (κ3) is 6.07. The predicted octanol–water partition coefficient (Wildman–Crippen LogP) is -2.46. The highest BCUT2D eigenvalue weighted by Crippen LogP contribution is 2.66. The molecule has 2 rings (SSSR count). The minimum Gasteiger partial charge on any atom is -0.387 e. The Morgan fingerprint density at radius 1 is 1.28 bits per heavy atom. The van der Waals surface area contributed by atoms with Crippen LogP contribution in [0, 0.1) is 12.3 Å². The van der Waals surface area contributed by atoms with Crippen molar-refractivity contribution in [1.29, 1.82) is 0 Å². The second kappa shape index (κ2) is 9.01. The van der Waals surface area contributed by atoms with Gasteiger partial charge in [-0.15, -0.1) is 6.42 Å². The van der Waals surface area contributed by atoms with Gasteiger partial charge in [0.05, 0.1) is 12.3 Å². The van der Waals surface area contributed by atoms with E-state index in [1.165, 1.54) is 0 Å². The number of nitrogen functional groups attached to an aromatic ring is 1. The second-order valence-corrected chi connectivity index (χ2v) is 10.7. The number of nitrogens with two attached hydrogens (primary N) is 2. The Hall–Kier alpha value is -1.54. The number of anilines is 1. The van der Waals surface area contributed by atoms with Crippen molar-refractivity contribution in [2.24, 2.45) is 5.73 Å². The van der Waals surface area contributed by atoms with Crippen LogP contribution in [-0.2, 0) is 31.6 Å². The molecule has 1 saturated heterocycles. The lowest BCUT2D eigenvalue weighted by molar-refractivity contribution is -0.0793. The lowest BCUT2D eigenvalue weighted by Gasteiger charge is -2.27. The zero-order chi connectivity index (χ0) is 24.7. The van der Waals surface area contributed by atoms with E-state index in [0.717, 1.165) is 13.1 Å². The summed E-state index contributed by atoms with van der Waals surface area (Å²) in [7, 11) is -16.9. The zero-order valence-corrected chi connectivity index (χ0v) is 18.5. The minimum absolute atomic E-state index is 0.245. The van der Waals surface area contributed by atoms with Gasteiger partial charge < -0.3 is 40.9 Å². The molecule has 1 fully saturated rings. The van der Waals surface area contributed by atoms with Crippen LogP contribution in [0.25, 0.3) is 0 Å². The van der Waals surface area contributed by atoms with Gasteiger partial charge in [0.1, 0.15) is 18.0 Å². The Morgan fingerprint density at radius 2 is 1.88 bits per heavy atom. The first kappa shape index (κ1) is 26.7. The highest BCUT2D eigenvalue weighted by atomic mass is 31.3. The van der Waals surface area contributed by atoms with Gasteiger partial charge in [-0.05, 0) is 6.92 Å². The molecule has 0 spiro atoms. The Kier molecular flexibility index (Phi) is 7.52. The molecule has 7 atom stereocenters. The molecule has 1 aliphatic heterocycles. The molecule has 0 aliphatic carbocycles.